The number of aromatic carboxylic acids is 1. The van der Waals surface area contributed by atoms with Crippen LogP contribution in [-0.2, 0) is 6.54 Å². The minimum atomic E-state index is -0.919. The molecule has 0 spiro atoms. The maximum Gasteiger partial charge on any atom is 0.335 e. The first-order valence-electron chi connectivity index (χ1n) is 9.84. The Hall–Kier alpha value is -2.89. The van der Waals surface area contributed by atoms with Crippen molar-refractivity contribution in [2.45, 2.75) is 6.54 Å². The number of piperazine rings is 1. The SMILES string of the molecule is O=C(O)c1ccc(N2CCN(Cc3cc(F)ccc3-c3ccc(Cl)cc3)CC2)cc1. The molecule has 30 heavy (non-hydrogen) atoms. The molecule has 4 rings (SSSR count). The van der Waals surface area contributed by atoms with Gasteiger partial charge >= 0.3 is 5.97 Å². The van der Waals surface area contributed by atoms with Crippen LogP contribution >= 0.6 is 11.6 Å². The molecule has 0 atom stereocenters. The molecule has 154 valence electrons. The third kappa shape index (κ3) is 4.64. The van der Waals surface area contributed by atoms with Gasteiger partial charge in [-0.05, 0) is 65.2 Å². The van der Waals surface area contributed by atoms with Crippen LogP contribution in [0.2, 0.25) is 5.02 Å². The Morgan fingerprint density at radius 2 is 1.60 bits per heavy atom. The Balaban J connectivity index is 1.44. The van der Waals surface area contributed by atoms with Crippen molar-refractivity contribution >= 4 is 23.3 Å². The number of hydrogen-bond acceptors (Lipinski definition) is 3. The molecule has 1 aliphatic heterocycles. The predicted molar refractivity (Wildman–Crippen MR) is 118 cm³/mol. The van der Waals surface area contributed by atoms with Gasteiger partial charge in [-0.2, -0.15) is 0 Å². The second-order valence-electron chi connectivity index (χ2n) is 7.42. The number of carboxylic acids is 1. The fourth-order valence-corrected chi connectivity index (χ4v) is 3.95. The van der Waals surface area contributed by atoms with Gasteiger partial charge in [0.05, 0.1) is 5.56 Å². The molecular formula is C24H22ClFN2O2. The molecule has 1 heterocycles. The average Bonchev–Trinajstić information content (AvgIpc) is 2.75. The standard InChI is InChI=1S/C24H22ClFN2O2/c25-20-5-1-17(2-6-20)23-10-7-21(26)15-19(23)16-27-11-13-28(14-12-27)22-8-3-18(4-9-22)24(29)30/h1-10,15H,11-14,16H2,(H,29,30). The minimum absolute atomic E-state index is 0.236. The summed E-state index contributed by atoms with van der Waals surface area (Å²) in [6, 6.07) is 19.5. The Kier molecular flexibility index (Phi) is 6.02. The van der Waals surface area contributed by atoms with Crippen molar-refractivity contribution in [2.75, 3.05) is 31.1 Å². The zero-order valence-electron chi connectivity index (χ0n) is 16.4. The Morgan fingerprint density at radius 3 is 2.23 bits per heavy atom. The van der Waals surface area contributed by atoms with E-state index in [2.05, 4.69) is 9.80 Å². The van der Waals surface area contributed by atoms with Crippen LogP contribution < -0.4 is 4.90 Å². The highest BCUT2D eigenvalue weighted by Gasteiger charge is 2.19. The highest BCUT2D eigenvalue weighted by atomic mass is 35.5. The first-order chi connectivity index (χ1) is 14.5. The van der Waals surface area contributed by atoms with E-state index in [4.69, 9.17) is 16.7 Å². The van der Waals surface area contributed by atoms with Gasteiger partial charge in [0.1, 0.15) is 5.82 Å². The highest BCUT2D eigenvalue weighted by molar-refractivity contribution is 6.30. The van der Waals surface area contributed by atoms with Crippen molar-refractivity contribution in [3.63, 3.8) is 0 Å². The van der Waals surface area contributed by atoms with E-state index in [0.717, 1.165) is 48.6 Å². The minimum Gasteiger partial charge on any atom is -0.478 e. The number of carbonyl (C=O) groups is 1. The monoisotopic (exact) mass is 424 g/mol. The molecule has 6 heteroatoms. The summed E-state index contributed by atoms with van der Waals surface area (Å²) in [4.78, 5) is 15.6. The van der Waals surface area contributed by atoms with Gasteiger partial charge in [-0.1, -0.05) is 29.8 Å². The molecule has 0 bridgehead atoms. The van der Waals surface area contributed by atoms with Crippen molar-refractivity contribution in [3.8, 4) is 11.1 Å². The molecule has 3 aromatic rings. The Labute approximate surface area is 180 Å². The normalized spacial score (nSPS) is 14.7. The summed E-state index contributed by atoms with van der Waals surface area (Å²) in [6.07, 6.45) is 0. The van der Waals surface area contributed by atoms with Gasteiger partial charge < -0.3 is 10.0 Å². The van der Waals surface area contributed by atoms with E-state index in [-0.39, 0.29) is 5.82 Å². The highest BCUT2D eigenvalue weighted by Crippen LogP contribution is 2.28. The molecular weight excluding hydrogens is 403 g/mol. The van der Waals surface area contributed by atoms with Crippen LogP contribution in [0.25, 0.3) is 11.1 Å². The van der Waals surface area contributed by atoms with Crippen LogP contribution in [0.1, 0.15) is 15.9 Å². The fourth-order valence-electron chi connectivity index (χ4n) is 3.82. The first kappa shape index (κ1) is 20.4. The summed E-state index contributed by atoms with van der Waals surface area (Å²) >= 11 is 6.01. The van der Waals surface area contributed by atoms with Crippen molar-refractivity contribution in [1.29, 1.82) is 0 Å². The quantitative estimate of drug-likeness (QED) is 0.614. The van der Waals surface area contributed by atoms with E-state index in [1.807, 2.05) is 42.5 Å². The van der Waals surface area contributed by atoms with Crippen molar-refractivity contribution in [2.24, 2.45) is 0 Å². The number of rotatable bonds is 5. The largest absolute Gasteiger partial charge is 0.478 e. The maximum absolute atomic E-state index is 14.0. The summed E-state index contributed by atoms with van der Waals surface area (Å²) in [5.41, 5.74) is 4.30. The molecule has 0 radical (unpaired) electrons. The summed E-state index contributed by atoms with van der Waals surface area (Å²) in [5, 5.41) is 9.72. The molecule has 0 amide bonds. The van der Waals surface area contributed by atoms with E-state index >= 15 is 0 Å². The van der Waals surface area contributed by atoms with Gasteiger partial charge in [-0.3, -0.25) is 4.90 Å². The molecule has 1 N–H and O–H groups in total. The molecule has 0 aliphatic carbocycles. The lowest BCUT2D eigenvalue weighted by molar-refractivity contribution is 0.0697. The number of hydrogen-bond donors (Lipinski definition) is 1. The van der Waals surface area contributed by atoms with Crippen LogP contribution in [0, 0.1) is 5.82 Å². The lowest BCUT2D eigenvalue weighted by Crippen LogP contribution is -2.46. The van der Waals surface area contributed by atoms with E-state index in [1.165, 1.54) is 6.07 Å². The van der Waals surface area contributed by atoms with Gasteiger partial charge in [-0.25, -0.2) is 9.18 Å². The fraction of sp³-hybridized carbons (Fsp3) is 0.208. The average molecular weight is 425 g/mol. The second kappa shape index (κ2) is 8.86. The van der Waals surface area contributed by atoms with Crippen molar-refractivity contribution in [1.82, 2.24) is 4.90 Å². The van der Waals surface area contributed by atoms with Crippen LogP contribution in [0.15, 0.2) is 66.7 Å². The number of nitrogens with zero attached hydrogens (tertiary/aromatic N) is 2. The third-order valence-corrected chi connectivity index (χ3v) is 5.72. The summed E-state index contributed by atoms with van der Waals surface area (Å²) in [5.74, 6) is -1.15. The van der Waals surface area contributed by atoms with Gasteiger partial charge in [0.2, 0.25) is 0 Å². The van der Waals surface area contributed by atoms with Crippen LogP contribution in [0.4, 0.5) is 10.1 Å². The number of carboxylic acid groups (broad SMARTS) is 1. The van der Waals surface area contributed by atoms with Gasteiger partial charge in [0.15, 0.2) is 0 Å². The number of halogens is 2. The molecule has 1 fully saturated rings. The molecule has 3 aromatic carbocycles. The summed E-state index contributed by atoms with van der Waals surface area (Å²) in [6.45, 7) is 4.02. The van der Waals surface area contributed by atoms with E-state index in [0.29, 0.717) is 17.1 Å². The third-order valence-electron chi connectivity index (χ3n) is 5.47. The molecule has 1 aliphatic rings. The van der Waals surface area contributed by atoms with Crippen LogP contribution in [0.3, 0.4) is 0 Å². The lowest BCUT2D eigenvalue weighted by atomic mass is 9.99. The molecule has 0 saturated carbocycles. The van der Waals surface area contributed by atoms with E-state index in [1.54, 1.807) is 18.2 Å². The molecule has 1 saturated heterocycles. The Bertz CT molecular complexity index is 1030. The van der Waals surface area contributed by atoms with Crippen LogP contribution in [-0.4, -0.2) is 42.2 Å². The summed E-state index contributed by atoms with van der Waals surface area (Å²) in [7, 11) is 0. The summed E-state index contributed by atoms with van der Waals surface area (Å²) < 4.78 is 14.0. The van der Waals surface area contributed by atoms with Gasteiger partial charge in [0.25, 0.3) is 0 Å². The van der Waals surface area contributed by atoms with Crippen molar-refractivity contribution < 1.29 is 14.3 Å². The molecule has 4 nitrogen and oxygen atoms in total. The Morgan fingerprint density at radius 1 is 0.933 bits per heavy atom. The number of anilines is 1. The van der Waals surface area contributed by atoms with E-state index in [9.17, 15) is 9.18 Å². The smallest absolute Gasteiger partial charge is 0.335 e. The number of benzene rings is 3. The maximum atomic E-state index is 14.0. The van der Waals surface area contributed by atoms with Gasteiger partial charge in [-0.15, -0.1) is 0 Å². The lowest BCUT2D eigenvalue weighted by Gasteiger charge is -2.36. The van der Waals surface area contributed by atoms with Crippen molar-refractivity contribution in [3.05, 3.63) is 88.7 Å². The van der Waals surface area contributed by atoms with Gasteiger partial charge in [0, 0.05) is 43.4 Å². The predicted octanol–water partition coefficient (Wildman–Crippen LogP) is 5.17. The van der Waals surface area contributed by atoms with E-state index < -0.39 is 5.97 Å². The topological polar surface area (TPSA) is 43.8 Å². The second-order valence-corrected chi connectivity index (χ2v) is 7.86. The van der Waals surface area contributed by atoms with Crippen LogP contribution in [0.5, 0.6) is 0 Å². The zero-order valence-corrected chi connectivity index (χ0v) is 17.1. The first-order valence-corrected chi connectivity index (χ1v) is 10.2. The zero-order chi connectivity index (χ0) is 21.1. The molecule has 0 aromatic heterocycles. The molecule has 0 unspecified atom stereocenters.